The van der Waals surface area contributed by atoms with Gasteiger partial charge in [0.05, 0.1) is 0 Å². The Kier molecular flexibility index (Phi) is 4.94. The molecule has 0 radical (unpaired) electrons. The normalized spacial score (nSPS) is 14.0. The molecule has 0 aliphatic carbocycles. The molecule has 0 saturated heterocycles. The molecule has 0 amide bonds. The standard InChI is InChI=1S/C16H28N2/c1-12-8-13(2)10-14(9-12)11-15(17-5)16(3,4)18(6)7/h8-10,15,17H,11H2,1-7H3. The van der Waals surface area contributed by atoms with Crippen molar-refractivity contribution < 1.29 is 0 Å². The molecule has 1 aromatic carbocycles. The second kappa shape index (κ2) is 5.85. The summed E-state index contributed by atoms with van der Waals surface area (Å²) >= 11 is 0. The fourth-order valence-corrected chi connectivity index (χ4v) is 2.44. The molecular weight excluding hydrogens is 220 g/mol. The fraction of sp³-hybridized carbons (Fsp3) is 0.625. The number of hydrogen-bond donors (Lipinski definition) is 1. The Morgan fingerprint density at radius 2 is 1.61 bits per heavy atom. The maximum absolute atomic E-state index is 3.47. The van der Waals surface area contributed by atoms with E-state index in [-0.39, 0.29) is 5.54 Å². The summed E-state index contributed by atoms with van der Waals surface area (Å²) in [5.41, 5.74) is 4.25. The van der Waals surface area contributed by atoms with Gasteiger partial charge in [0.25, 0.3) is 0 Å². The molecule has 0 spiro atoms. The lowest BCUT2D eigenvalue weighted by atomic mass is 9.87. The zero-order valence-electron chi connectivity index (χ0n) is 13.0. The monoisotopic (exact) mass is 248 g/mol. The second-order valence-corrected chi connectivity index (χ2v) is 6.09. The molecule has 0 aliphatic heterocycles. The van der Waals surface area contributed by atoms with E-state index in [1.165, 1.54) is 16.7 Å². The van der Waals surface area contributed by atoms with E-state index in [1.54, 1.807) is 0 Å². The summed E-state index contributed by atoms with van der Waals surface area (Å²) in [4.78, 5) is 2.29. The van der Waals surface area contributed by atoms with Gasteiger partial charge in [0.2, 0.25) is 0 Å². The van der Waals surface area contributed by atoms with Gasteiger partial charge in [-0.05, 0) is 60.8 Å². The van der Waals surface area contributed by atoms with E-state index >= 15 is 0 Å². The van der Waals surface area contributed by atoms with Gasteiger partial charge >= 0.3 is 0 Å². The van der Waals surface area contributed by atoms with Gasteiger partial charge in [-0.15, -0.1) is 0 Å². The summed E-state index contributed by atoms with van der Waals surface area (Å²) in [6, 6.07) is 7.26. The first kappa shape index (κ1) is 15.2. The van der Waals surface area contributed by atoms with Gasteiger partial charge in [0.15, 0.2) is 0 Å². The van der Waals surface area contributed by atoms with Crippen LogP contribution in [0.2, 0.25) is 0 Å². The smallest absolute Gasteiger partial charge is 0.0303 e. The predicted molar refractivity (Wildman–Crippen MR) is 80.2 cm³/mol. The zero-order chi connectivity index (χ0) is 13.9. The maximum atomic E-state index is 3.47. The SMILES string of the molecule is CNC(Cc1cc(C)cc(C)c1)C(C)(C)N(C)C. The summed E-state index contributed by atoms with van der Waals surface area (Å²) in [6.45, 7) is 8.91. The van der Waals surface area contributed by atoms with Crippen molar-refractivity contribution in [1.29, 1.82) is 0 Å². The van der Waals surface area contributed by atoms with Gasteiger partial charge in [0, 0.05) is 11.6 Å². The number of aryl methyl sites for hydroxylation is 2. The van der Waals surface area contributed by atoms with Crippen molar-refractivity contribution >= 4 is 0 Å². The van der Waals surface area contributed by atoms with Crippen molar-refractivity contribution in [3.05, 3.63) is 34.9 Å². The van der Waals surface area contributed by atoms with Gasteiger partial charge < -0.3 is 10.2 Å². The molecule has 1 atom stereocenters. The highest BCUT2D eigenvalue weighted by Gasteiger charge is 2.30. The van der Waals surface area contributed by atoms with Crippen molar-refractivity contribution in [3.8, 4) is 0 Å². The van der Waals surface area contributed by atoms with E-state index in [1.807, 2.05) is 0 Å². The summed E-state index contributed by atoms with van der Waals surface area (Å²) in [7, 11) is 6.34. The third-order valence-corrected chi connectivity index (χ3v) is 4.08. The van der Waals surface area contributed by atoms with Crippen LogP contribution >= 0.6 is 0 Å². The Morgan fingerprint density at radius 3 is 2.00 bits per heavy atom. The van der Waals surface area contributed by atoms with Crippen molar-refractivity contribution in [3.63, 3.8) is 0 Å². The number of likely N-dealkylation sites (N-methyl/N-ethyl adjacent to an activating group) is 2. The third-order valence-electron chi connectivity index (χ3n) is 4.08. The Morgan fingerprint density at radius 1 is 1.11 bits per heavy atom. The van der Waals surface area contributed by atoms with E-state index in [0.29, 0.717) is 6.04 Å². The fourth-order valence-electron chi connectivity index (χ4n) is 2.44. The Hall–Kier alpha value is -0.860. The predicted octanol–water partition coefficient (Wildman–Crippen LogP) is 2.77. The van der Waals surface area contributed by atoms with Crippen molar-refractivity contribution in [2.24, 2.45) is 0 Å². The summed E-state index contributed by atoms with van der Waals surface area (Å²) in [6.07, 6.45) is 1.06. The lowest BCUT2D eigenvalue weighted by molar-refractivity contribution is 0.141. The molecule has 0 aliphatic rings. The van der Waals surface area contributed by atoms with Gasteiger partial charge in [0.1, 0.15) is 0 Å². The summed E-state index contributed by atoms with van der Waals surface area (Å²) in [5.74, 6) is 0. The highest BCUT2D eigenvalue weighted by Crippen LogP contribution is 2.20. The summed E-state index contributed by atoms with van der Waals surface area (Å²) in [5, 5.41) is 3.47. The van der Waals surface area contributed by atoms with Gasteiger partial charge in [-0.3, -0.25) is 0 Å². The van der Waals surface area contributed by atoms with E-state index in [2.05, 4.69) is 77.3 Å². The van der Waals surface area contributed by atoms with E-state index in [9.17, 15) is 0 Å². The molecule has 18 heavy (non-hydrogen) atoms. The summed E-state index contributed by atoms with van der Waals surface area (Å²) < 4.78 is 0. The number of hydrogen-bond acceptors (Lipinski definition) is 2. The average Bonchev–Trinajstić information content (AvgIpc) is 2.24. The third kappa shape index (κ3) is 3.56. The molecule has 0 saturated carbocycles. The molecule has 0 heterocycles. The topological polar surface area (TPSA) is 15.3 Å². The Bertz CT molecular complexity index is 374. The molecule has 1 N–H and O–H groups in total. The van der Waals surface area contributed by atoms with Crippen LogP contribution in [0.1, 0.15) is 30.5 Å². The van der Waals surface area contributed by atoms with Crippen LogP contribution in [-0.4, -0.2) is 37.6 Å². The number of benzene rings is 1. The average molecular weight is 248 g/mol. The van der Waals surface area contributed by atoms with Gasteiger partial charge in [-0.1, -0.05) is 29.3 Å². The molecule has 1 rings (SSSR count). The molecule has 0 aromatic heterocycles. The minimum Gasteiger partial charge on any atom is -0.315 e. The number of nitrogens with zero attached hydrogens (tertiary/aromatic N) is 1. The van der Waals surface area contributed by atoms with E-state index in [4.69, 9.17) is 0 Å². The number of rotatable bonds is 5. The molecule has 0 fully saturated rings. The van der Waals surface area contributed by atoms with Crippen LogP contribution in [0.25, 0.3) is 0 Å². The minimum atomic E-state index is 0.131. The minimum absolute atomic E-state index is 0.131. The molecule has 0 bridgehead atoms. The van der Waals surface area contributed by atoms with Crippen LogP contribution in [-0.2, 0) is 6.42 Å². The van der Waals surface area contributed by atoms with Gasteiger partial charge in [-0.25, -0.2) is 0 Å². The molecule has 1 aromatic rings. The molecular formula is C16H28N2. The quantitative estimate of drug-likeness (QED) is 0.862. The van der Waals surface area contributed by atoms with Crippen LogP contribution in [0.3, 0.4) is 0 Å². The first-order valence-corrected chi connectivity index (χ1v) is 6.69. The van der Waals surface area contributed by atoms with E-state index < -0.39 is 0 Å². The van der Waals surface area contributed by atoms with Crippen molar-refractivity contribution in [2.45, 2.75) is 45.7 Å². The largest absolute Gasteiger partial charge is 0.315 e. The Balaban J connectivity index is 2.92. The lowest BCUT2D eigenvalue weighted by Crippen LogP contribution is -2.55. The van der Waals surface area contributed by atoms with E-state index in [0.717, 1.165) is 6.42 Å². The first-order chi connectivity index (χ1) is 8.27. The van der Waals surface area contributed by atoms with Crippen LogP contribution in [0.5, 0.6) is 0 Å². The zero-order valence-corrected chi connectivity index (χ0v) is 13.0. The molecule has 102 valence electrons. The van der Waals surface area contributed by atoms with Crippen LogP contribution in [0.15, 0.2) is 18.2 Å². The van der Waals surface area contributed by atoms with Crippen molar-refractivity contribution in [1.82, 2.24) is 10.2 Å². The van der Waals surface area contributed by atoms with Crippen LogP contribution in [0, 0.1) is 13.8 Å². The van der Waals surface area contributed by atoms with Crippen molar-refractivity contribution in [2.75, 3.05) is 21.1 Å². The lowest BCUT2D eigenvalue weighted by Gasteiger charge is -2.40. The second-order valence-electron chi connectivity index (χ2n) is 6.09. The molecule has 2 nitrogen and oxygen atoms in total. The number of nitrogens with one attached hydrogen (secondary N) is 1. The van der Waals surface area contributed by atoms with Crippen LogP contribution in [0.4, 0.5) is 0 Å². The highest BCUT2D eigenvalue weighted by atomic mass is 15.2. The maximum Gasteiger partial charge on any atom is 0.0303 e. The molecule has 2 heteroatoms. The van der Waals surface area contributed by atoms with Crippen LogP contribution < -0.4 is 5.32 Å². The van der Waals surface area contributed by atoms with Gasteiger partial charge in [-0.2, -0.15) is 0 Å². The highest BCUT2D eigenvalue weighted by molar-refractivity contribution is 5.29. The Labute approximate surface area is 112 Å². The first-order valence-electron chi connectivity index (χ1n) is 6.69. The molecule has 1 unspecified atom stereocenters.